The Morgan fingerprint density at radius 1 is 1.24 bits per heavy atom. The van der Waals surface area contributed by atoms with Gasteiger partial charge in [0.1, 0.15) is 5.58 Å². The van der Waals surface area contributed by atoms with Crippen LogP contribution < -0.4 is 10.1 Å². The zero-order valence-corrected chi connectivity index (χ0v) is 12.3. The molecule has 21 heavy (non-hydrogen) atoms. The minimum Gasteiger partial charge on any atom is -0.464 e. The molecule has 1 N–H and O–H groups in total. The van der Waals surface area contributed by atoms with Gasteiger partial charge in [0, 0.05) is 17.5 Å². The van der Waals surface area contributed by atoms with Crippen LogP contribution in [0, 0.1) is 0 Å². The molecule has 0 bridgehead atoms. The molecule has 0 saturated carbocycles. The van der Waals surface area contributed by atoms with E-state index in [9.17, 15) is 0 Å². The van der Waals surface area contributed by atoms with Crippen molar-refractivity contribution in [3.63, 3.8) is 0 Å². The summed E-state index contributed by atoms with van der Waals surface area (Å²) >= 11 is 5.98. The first-order valence-electron chi connectivity index (χ1n) is 6.45. The quantitative estimate of drug-likeness (QED) is 0.796. The molecular weight excluding hydrogens is 292 g/mol. The summed E-state index contributed by atoms with van der Waals surface area (Å²) in [6.45, 7) is 2.34. The summed E-state index contributed by atoms with van der Waals surface area (Å²) in [7, 11) is 1.73. The third kappa shape index (κ3) is 2.75. The van der Waals surface area contributed by atoms with E-state index < -0.39 is 0 Å². The largest absolute Gasteiger partial charge is 0.464 e. The van der Waals surface area contributed by atoms with Crippen molar-refractivity contribution in [2.45, 2.75) is 6.92 Å². The highest BCUT2D eigenvalue weighted by Gasteiger charge is 2.13. The van der Waals surface area contributed by atoms with Gasteiger partial charge < -0.3 is 14.5 Å². The molecule has 7 heteroatoms. The summed E-state index contributed by atoms with van der Waals surface area (Å²) < 4.78 is 11.1. The number of fused-ring (bicyclic) bond motifs is 1. The summed E-state index contributed by atoms with van der Waals surface area (Å²) in [6.07, 6.45) is 0. The van der Waals surface area contributed by atoms with Crippen LogP contribution in [0.5, 0.6) is 6.01 Å². The van der Waals surface area contributed by atoms with Crippen molar-refractivity contribution < 1.29 is 9.15 Å². The smallest absolute Gasteiger partial charge is 0.321 e. The molecule has 0 aliphatic rings. The molecular formula is C14H13ClN4O2. The Morgan fingerprint density at radius 3 is 2.86 bits per heavy atom. The van der Waals surface area contributed by atoms with Gasteiger partial charge in [-0.1, -0.05) is 11.6 Å². The molecule has 0 atom stereocenters. The third-order valence-corrected chi connectivity index (χ3v) is 3.05. The molecule has 0 aliphatic heterocycles. The van der Waals surface area contributed by atoms with Crippen molar-refractivity contribution in [3.8, 4) is 17.6 Å². The molecule has 2 aromatic heterocycles. The lowest BCUT2D eigenvalue weighted by Crippen LogP contribution is -2.04. The molecule has 0 spiro atoms. The molecule has 0 aliphatic carbocycles. The van der Waals surface area contributed by atoms with E-state index in [0.717, 1.165) is 11.0 Å². The van der Waals surface area contributed by atoms with Gasteiger partial charge in [0.2, 0.25) is 11.8 Å². The fourth-order valence-electron chi connectivity index (χ4n) is 1.90. The molecule has 0 unspecified atom stereocenters. The summed E-state index contributed by atoms with van der Waals surface area (Å²) in [5.74, 6) is 1.36. The molecule has 6 nitrogen and oxygen atoms in total. The van der Waals surface area contributed by atoms with E-state index in [1.807, 2.05) is 25.1 Å². The van der Waals surface area contributed by atoms with Crippen molar-refractivity contribution in [3.05, 3.63) is 29.3 Å². The highest BCUT2D eigenvalue weighted by molar-refractivity contribution is 6.31. The van der Waals surface area contributed by atoms with Crippen LogP contribution in [0.25, 0.3) is 22.6 Å². The zero-order chi connectivity index (χ0) is 14.8. The maximum atomic E-state index is 5.98. The Bertz CT molecular complexity index is 788. The number of nitrogens with zero attached hydrogens (tertiary/aromatic N) is 3. The van der Waals surface area contributed by atoms with Crippen LogP contribution in [0.4, 0.5) is 5.95 Å². The van der Waals surface area contributed by atoms with Gasteiger partial charge >= 0.3 is 6.01 Å². The molecule has 0 fully saturated rings. The van der Waals surface area contributed by atoms with Crippen LogP contribution in [0.15, 0.2) is 28.7 Å². The number of hydrogen-bond acceptors (Lipinski definition) is 6. The van der Waals surface area contributed by atoms with E-state index in [-0.39, 0.29) is 6.01 Å². The number of anilines is 1. The standard InChI is InChI=1S/C14H13ClN4O2/c1-3-20-14-18-12(17-13(16-2)19-14)11-7-8-6-9(15)4-5-10(8)21-11/h4-7H,3H2,1-2H3,(H,16,17,18,19). The van der Waals surface area contributed by atoms with Crippen LogP contribution in [-0.2, 0) is 0 Å². The lowest BCUT2D eigenvalue weighted by atomic mass is 10.2. The third-order valence-electron chi connectivity index (χ3n) is 2.81. The second-order valence-corrected chi connectivity index (χ2v) is 4.68. The van der Waals surface area contributed by atoms with Gasteiger partial charge in [-0.2, -0.15) is 15.0 Å². The molecule has 3 rings (SSSR count). The topological polar surface area (TPSA) is 73.1 Å². The summed E-state index contributed by atoms with van der Waals surface area (Å²) in [5, 5.41) is 4.41. The number of benzene rings is 1. The van der Waals surface area contributed by atoms with Crippen molar-refractivity contribution in [2.24, 2.45) is 0 Å². The summed E-state index contributed by atoms with van der Waals surface area (Å²) in [6, 6.07) is 7.50. The Balaban J connectivity index is 2.10. The normalized spacial score (nSPS) is 10.8. The van der Waals surface area contributed by atoms with Gasteiger partial charge in [0.05, 0.1) is 6.61 Å². The van der Waals surface area contributed by atoms with Crippen LogP contribution in [0.2, 0.25) is 5.02 Å². The molecule has 0 saturated heterocycles. The highest BCUT2D eigenvalue weighted by Crippen LogP contribution is 2.28. The Morgan fingerprint density at radius 2 is 2.10 bits per heavy atom. The zero-order valence-electron chi connectivity index (χ0n) is 11.6. The number of rotatable bonds is 4. The minimum absolute atomic E-state index is 0.255. The van der Waals surface area contributed by atoms with Gasteiger partial charge in [0.15, 0.2) is 5.76 Å². The number of furan rings is 1. The van der Waals surface area contributed by atoms with Gasteiger partial charge in [0.25, 0.3) is 0 Å². The van der Waals surface area contributed by atoms with Crippen LogP contribution >= 0.6 is 11.6 Å². The van der Waals surface area contributed by atoms with Crippen molar-refractivity contribution in [2.75, 3.05) is 19.0 Å². The first kappa shape index (κ1) is 13.6. The predicted octanol–water partition coefficient (Wildman–Crippen LogP) is 3.38. The van der Waals surface area contributed by atoms with Gasteiger partial charge in [-0.15, -0.1) is 0 Å². The van der Waals surface area contributed by atoms with E-state index in [0.29, 0.717) is 29.2 Å². The number of hydrogen-bond donors (Lipinski definition) is 1. The SMILES string of the molecule is CCOc1nc(NC)nc(-c2cc3cc(Cl)ccc3o2)n1. The Kier molecular flexibility index (Phi) is 3.62. The first-order valence-corrected chi connectivity index (χ1v) is 6.83. The van der Waals surface area contributed by atoms with Crippen molar-refractivity contribution >= 4 is 28.5 Å². The van der Waals surface area contributed by atoms with E-state index in [1.54, 1.807) is 13.1 Å². The second kappa shape index (κ2) is 5.57. The Labute approximate surface area is 126 Å². The number of nitrogens with one attached hydrogen (secondary N) is 1. The minimum atomic E-state index is 0.255. The second-order valence-electron chi connectivity index (χ2n) is 4.24. The van der Waals surface area contributed by atoms with E-state index >= 15 is 0 Å². The van der Waals surface area contributed by atoms with Crippen LogP contribution in [-0.4, -0.2) is 28.6 Å². The molecule has 3 aromatic rings. The van der Waals surface area contributed by atoms with Crippen molar-refractivity contribution in [1.29, 1.82) is 0 Å². The number of aromatic nitrogens is 3. The fourth-order valence-corrected chi connectivity index (χ4v) is 2.08. The summed E-state index contributed by atoms with van der Waals surface area (Å²) in [5.41, 5.74) is 0.721. The lowest BCUT2D eigenvalue weighted by Gasteiger charge is -2.04. The fraction of sp³-hybridized carbons (Fsp3) is 0.214. The number of ether oxygens (including phenoxy) is 1. The van der Waals surface area contributed by atoms with E-state index in [1.165, 1.54) is 0 Å². The molecule has 0 radical (unpaired) electrons. The Hall–Kier alpha value is -2.34. The lowest BCUT2D eigenvalue weighted by molar-refractivity contribution is 0.312. The first-order chi connectivity index (χ1) is 10.2. The van der Waals surface area contributed by atoms with Gasteiger partial charge in [-0.3, -0.25) is 0 Å². The number of halogens is 1. The maximum absolute atomic E-state index is 5.98. The average Bonchev–Trinajstić information content (AvgIpc) is 2.90. The average molecular weight is 305 g/mol. The van der Waals surface area contributed by atoms with Crippen LogP contribution in [0.1, 0.15) is 6.92 Å². The monoisotopic (exact) mass is 304 g/mol. The van der Waals surface area contributed by atoms with Crippen LogP contribution in [0.3, 0.4) is 0 Å². The van der Waals surface area contributed by atoms with E-state index in [2.05, 4.69) is 20.3 Å². The summed E-state index contributed by atoms with van der Waals surface area (Å²) in [4.78, 5) is 12.6. The van der Waals surface area contributed by atoms with Crippen molar-refractivity contribution in [1.82, 2.24) is 15.0 Å². The molecule has 1 aromatic carbocycles. The van der Waals surface area contributed by atoms with Gasteiger partial charge in [-0.25, -0.2) is 0 Å². The molecule has 2 heterocycles. The van der Waals surface area contributed by atoms with E-state index in [4.69, 9.17) is 20.8 Å². The maximum Gasteiger partial charge on any atom is 0.321 e. The predicted molar refractivity (Wildman–Crippen MR) is 80.8 cm³/mol. The van der Waals surface area contributed by atoms with Gasteiger partial charge in [-0.05, 0) is 31.2 Å². The molecule has 108 valence electrons. The molecule has 0 amide bonds. The highest BCUT2D eigenvalue weighted by atomic mass is 35.5.